The van der Waals surface area contributed by atoms with E-state index in [0.717, 1.165) is 12.0 Å². The second kappa shape index (κ2) is 5.78. The van der Waals surface area contributed by atoms with E-state index in [2.05, 4.69) is 36.5 Å². The van der Waals surface area contributed by atoms with E-state index in [4.69, 9.17) is 5.11 Å². The fraction of sp³-hybridized carbons (Fsp3) is 0.500. The minimum Gasteiger partial charge on any atom is -0.394 e. The van der Waals surface area contributed by atoms with Crippen LogP contribution in [0, 0.1) is 0 Å². The molecule has 1 rings (SSSR count). The number of aliphatic hydroxyl groups excluding tert-OH is 1. The third-order valence-corrected chi connectivity index (χ3v) is 2.45. The summed E-state index contributed by atoms with van der Waals surface area (Å²) in [6.07, 6.45) is 2.30. The lowest BCUT2D eigenvalue weighted by Gasteiger charge is -2.13. The number of rotatable bonds is 5. The van der Waals surface area contributed by atoms with Gasteiger partial charge in [0.05, 0.1) is 12.6 Å². The van der Waals surface area contributed by atoms with Crippen molar-refractivity contribution in [3.8, 4) is 0 Å². The minimum atomic E-state index is 0.0608. The van der Waals surface area contributed by atoms with Crippen molar-refractivity contribution < 1.29 is 5.11 Å². The normalized spacial score (nSPS) is 12.8. The first-order chi connectivity index (χ1) is 6.81. The predicted octanol–water partition coefficient (Wildman–Crippen LogP) is 1.89. The molecule has 0 unspecified atom stereocenters. The highest BCUT2D eigenvalue weighted by molar-refractivity contribution is 5.25. The molecule has 0 aliphatic rings. The Labute approximate surface area is 86.0 Å². The van der Waals surface area contributed by atoms with Crippen molar-refractivity contribution in [2.75, 3.05) is 13.7 Å². The first-order valence-electron chi connectivity index (χ1n) is 5.18. The van der Waals surface area contributed by atoms with E-state index in [9.17, 15) is 0 Å². The summed E-state index contributed by atoms with van der Waals surface area (Å²) in [5.41, 5.74) is 2.51. The molecule has 0 fully saturated rings. The zero-order valence-corrected chi connectivity index (χ0v) is 8.96. The Balaban J connectivity index is 2.71. The molecule has 0 spiro atoms. The molecule has 0 radical (unpaired) electrons. The fourth-order valence-electron chi connectivity index (χ4n) is 1.57. The van der Waals surface area contributed by atoms with Gasteiger partial charge in [-0.25, -0.2) is 0 Å². The Kier molecular flexibility index (Phi) is 4.63. The Morgan fingerprint density at radius 2 is 1.93 bits per heavy atom. The van der Waals surface area contributed by atoms with Crippen LogP contribution in [0.4, 0.5) is 0 Å². The van der Waals surface area contributed by atoms with Gasteiger partial charge in [0.1, 0.15) is 0 Å². The Hall–Kier alpha value is -0.860. The summed E-state index contributed by atoms with van der Waals surface area (Å²) in [7, 11) is 1.86. The molecule has 1 aromatic carbocycles. The van der Waals surface area contributed by atoms with Gasteiger partial charge in [-0.15, -0.1) is 0 Å². The predicted molar refractivity (Wildman–Crippen MR) is 59.3 cm³/mol. The van der Waals surface area contributed by atoms with Crippen molar-refractivity contribution in [1.82, 2.24) is 5.32 Å². The van der Waals surface area contributed by atoms with Gasteiger partial charge in [-0.2, -0.15) is 0 Å². The molecular weight excluding hydrogens is 174 g/mol. The van der Waals surface area contributed by atoms with Crippen LogP contribution >= 0.6 is 0 Å². The molecule has 0 aromatic heterocycles. The van der Waals surface area contributed by atoms with Gasteiger partial charge >= 0.3 is 0 Å². The quantitative estimate of drug-likeness (QED) is 0.748. The minimum absolute atomic E-state index is 0.0608. The number of hydrogen-bond donors (Lipinski definition) is 2. The maximum absolute atomic E-state index is 9.09. The van der Waals surface area contributed by atoms with Gasteiger partial charge in [-0.05, 0) is 24.6 Å². The van der Waals surface area contributed by atoms with Crippen LogP contribution in [0.15, 0.2) is 24.3 Å². The third kappa shape index (κ3) is 2.82. The molecule has 78 valence electrons. The molecule has 2 nitrogen and oxygen atoms in total. The van der Waals surface area contributed by atoms with Crippen LogP contribution in [-0.2, 0) is 6.42 Å². The van der Waals surface area contributed by atoms with Crippen LogP contribution in [0.3, 0.4) is 0 Å². The van der Waals surface area contributed by atoms with Crippen LogP contribution in [-0.4, -0.2) is 18.8 Å². The van der Waals surface area contributed by atoms with E-state index >= 15 is 0 Å². The average Bonchev–Trinajstić information content (AvgIpc) is 2.23. The Morgan fingerprint density at radius 3 is 2.36 bits per heavy atom. The molecule has 0 heterocycles. The largest absolute Gasteiger partial charge is 0.394 e. The number of benzene rings is 1. The summed E-state index contributed by atoms with van der Waals surface area (Å²) in [6, 6.07) is 8.51. The van der Waals surface area contributed by atoms with Crippen molar-refractivity contribution in [2.24, 2.45) is 0 Å². The van der Waals surface area contributed by atoms with Crippen molar-refractivity contribution in [3.63, 3.8) is 0 Å². The third-order valence-electron chi connectivity index (χ3n) is 2.45. The summed E-state index contributed by atoms with van der Waals surface area (Å²) in [4.78, 5) is 0. The summed E-state index contributed by atoms with van der Waals surface area (Å²) >= 11 is 0. The molecule has 2 N–H and O–H groups in total. The highest BCUT2D eigenvalue weighted by Gasteiger charge is 2.06. The first kappa shape index (κ1) is 11.2. The lowest BCUT2D eigenvalue weighted by molar-refractivity contribution is 0.251. The highest BCUT2D eigenvalue weighted by Crippen LogP contribution is 2.13. The maximum Gasteiger partial charge on any atom is 0.0626 e. The van der Waals surface area contributed by atoms with Crippen LogP contribution in [0.5, 0.6) is 0 Å². The van der Waals surface area contributed by atoms with Gasteiger partial charge in [0.15, 0.2) is 0 Å². The molecule has 0 bridgehead atoms. The molecular formula is C12H19NO. The van der Waals surface area contributed by atoms with E-state index in [0.29, 0.717) is 0 Å². The molecule has 0 aliphatic heterocycles. The van der Waals surface area contributed by atoms with E-state index in [1.165, 1.54) is 12.0 Å². The van der Waals surface area contributed by atoms with Crippen molar-refractivity contribution in [2.45, 2.75) is 25.8 Å². The van der Waals surface area contributed by atoms with Crippen molar-refractivity contribution in [1.29, 1.82) is 0 Å². The van der Waals surface area contributed by atoms with Crippen molar-refractivity contribution >= 4 is 0 Å². The van der Waals surface area contributed by atoms with Gasteiger partial charge in [0, 0.05) is 0 Å². The zero-order chi connectivity index (χ0) is 10.4. The smallest absolute Gasteiger partial charge is 0.0626 e. The molecule has 14 heavy (non-hydrogen) atoms. The fourth-order valence-corrected chi connectivity index (χ4v) is 1.57. The number of likely N-dealkylation sites (N-methyl/N-ethyl adjacent to an activating group) is 1. The van der Waals surface area contributed by atoms with Gasteiger partial charge in [0.25, 0.3) is 0 Å². The van der Waals surface area contributed by atoms with Crippen LogP contribution in [0.2, 0.25) is 0 Å². The maximum atomic E-state index is 9.09. The summed E-state index contributed by atoms with van der Waals surface area (Å²) < 4.78 is 0. The number of nitrogens with one attached hydrogen (secondary N) is 1. The van der Waals surface area contributed by atoms with Gasteiger partial charge < -0.3 is 10.4 Å². The molecule has 0 amide bonds. The van der Waals surface area contributed by atoms with E-state index in [1.807, 2.05) is 7.05 Å². The van der Waals surface area contributed by atoms with Crippen molar-refractivity contribution in [3.05, 3.63) is 35.4 Å². The van der Waals surface area contributed by atoms with Crippen LogP contribution < -0.4 is 5.32 Å². The Bertz CT molecular complexity index is 252. The first-order valence-corrected chi connectivity index (χ1v) is 5.18. The molecule has 0 saturated heterocycles. The number of aryl methyl sites for hydroxylation is 1. The number of hydrogen-bond acceptors (Lipinski definition) is 2. The zero-order valence-electron chi connectivity index (χ0n) is 8.96. The average molecular weight is 193 g/mol. The van der Waals surface area contributed by atoms with E-state index in [1.54, 1.807) is 0 Å². The topological polar surface area (TPSA) is 32.3 Å². The molecule has 1 aromatic rings. The molecule has 1 atom stereocenters. The summed E-state index contributed by atoms with van der Waals surface area (Å²) in [5, 5.41) is 12.2. The monoisotopic (exact) mass is 193 g/mol. The number of aliphatic hydroxyl groups is 1. The van der Waals surface area contributed by atoms with Crippen LogP contribution in [0.1, 0.15) is 30.5 Å². The Morgan fingerprint density at radius 1 is 1.29 bits per heavy atom. The SMILES string of the molecule is CCCc1ccc([C@@H](CO)NC)cc1. The molecule has 0 saturated carbocycles. The van der Waals surface area contributed by atoms with E-state index in [-0.39, 0.29) is 12.6 Å². The second-order valence-corrected chi connectivity index (χ2v) is 3.52. The van der Waals surface area contributed by atoms with Crippen LogP contribution in [0.25, 0.3) is 0 Å². The lowest BCUT2D eigenvalue weighted by atomic mass is 10.0. The molecule has 2 heteroatoms. The van der Waals surface area contributed by atoms with Gasteiger partial charge in [0.2, 0.25) is 0 Å². The summed E-state index contributed by atoms with van der Waals surface area (Å²) in [6.45, 7) is 2.32. The molecule has 0 aliphatic carbocycles. The van der Waals surface area contributed by atoms with E-state index < -0.39 is 0 Å². The lowest BCUT2D eigenvalue weighted by Crippen LogP contribution is -2.19. The highest BCUT2D eigenvalue weighted by atomic mass is 16.3. The van der Waals surface area contributed by atoms with Gasteiger partial charge in [-0.3, -0.25) is 0 Å². The standard InChI is InChI=1S/C12H19NO/c1-3-4-10-5-7-11(8-6-10)12(9-14)13-2/h5-8,12-14H,3-4,9H2,1-2H3/t12-/m1/s1. The second-order valence-electron chi connectivity index (χ2n) is 3.52. The van der Waals surface area contributed by atoms with Gasteiger partial charge in [-0.1, -0.05) is 37.6 Å². The summed E-state index contributed by atoms with van der Waals surface area (Å²) in [5.74, 6) is 0.